The standard InChI is InChI=1S/C21H27N5O2.HI/c1-15-7-5-10-20-25-17(14-26(15)20)13-24-21(22-3)23-12-16(2)28-19-9-6-8-18(11-19)27-4;/h5-11,14,16H,12-13H2,1-4H3,(H2,22,23,24);1H. The Balaban J connectivity index is 0.00000300. The molecule has 1 aromatic carbocycles. The third kappa shape index (κ3) is 6.25. The number of rotatable bonds is 7. The number of nitrogens with zero attached hydrogens (tertiary/aromatic N) is 3. The first-order chi connectivity index (χ1) is 13.6. The van der Waals surface area contributed by atoms with Crippen LogP contribution in [0, 0.1) is 6.92 Å². The molecule has 0 saturated carbocycles. The van der Waals surface area contributed by atoms with Crippen LogP contribution in [0.25, 0.3) is 5.65 Å². The number of aliphatic imine (C=N–C) groups is 1. The fourth-order valence-corrected chi connectivity index (χ4v) is 2.87. The van der Waals surface area contributed by atoms with E-state index in [0.717, 1.165) is 28.5 Å². The monoisotopic (exact) mass is 509 g/mol. The number of hydrogen-bond donors (Lipinski definition) is 2. The van der Waals surface area contributed by atoms with Gasteiger partial charge in [0.25, 0.3) is 0 Å². The zero-order valence-electron chi connectivity index (χ0n) is 17.2. The van der Waals surface area contributed by atoms with Crippen molar-refractivity contribution in [1.82, 2.24) is 20.0 Å². The second-order valence-electron chi connectivity index (χ2n) is 6.54. The number of fused-ring (bicyclic) bond motifs is 1. The van der Waals surface area contributed by atoms with E-state index >= 15 is 0 Å². The number of aromatic nitrogens is 2. The van der Waals surface area contributed by atoms with Gasteiger partial charge in [0.2, 0.25) is 0 Å². The first-order valence-corrected chi connectivity index (χ1v) is 9.28. The van der Waals surface area contributed by atoms with Gasteiger partial charge in [0, 0.05) is 25.0 Å². The van der Waals surface area contributed by atoms with E-state index in [0.29, 0.717) is 19.0 Å². The molecule has 0 aliphatic carbocycles. The summed E-state index contributed by atoms with van der Waals surface area (Å²) in [6, 6.07) is 13.7. The molecule has 2 N–H and O–H groups in total. The number of hydrogen-bond acceptors (Lipinski definition) is 4. The SMILES string of the molecule is CN=C(NCc1cn2c(C)cccc2n1)NCC(C)Oc1cccc(OC)c1.I. The van der Waals surface area contributed by atoms with Crippen LogP contribution in [-0.4, -0.2) is 42.2 Å². The Morgan fingerprint density at radius 1 is 1.17 bits per heavy atom. The van der Waals surface area contributed by atoms with Crippen molar-refractivity contribution < 1.29 is 9.47 Å². The largest absolute Gasteiger partial charge is 0.497 e. The lowest BCUT2D eigenvalue weighted by atomic mass is 10.3. The Morgan fingerprint density at radius 3 is 2.66 bits per heavy atom. The topological polar surface area (TPSA) is 72.2 Å². The molecular formula is C21H28IN5O2. The summed E-state index contributed by atoms with van der Waals surface area (Å²) in [6.07, 6.45) is 2.00. The summed E-state index contributed by atoms with van der Waals surface area (Å²) in [5.74, 6) is 2.25. The fourth-order valence-electron chi connectivity index (χ4n) is 2.87. The third-order valence-corrected chi connectivity index (χ3v) is 4.34. The van der Waals surface area contributed by atoms with Gasteiger partial charge in [-0.25, -0.2) is 4.98 Å². The van der Waals surface area contributed by atoms with Gasteiger partial charge in [-0.15, -0.1) is 24.0 Å². The van der Waals surface area contributed by atoms with Crippen LogP contribution in [0.5, 0.6) is 11.5 Å². The van der Waals surface area contributed by atoms with E-state index in [4.69, 9.17) is 9.47 Å². The Bertz CT molecular complexity index is 957. The molecule has 7 nitrogen and oxygen atoms in total. The van der Waals surface area contributed by atoms with Crippen molar-refractivity contribution in [1.29, 1.82) is 0 Å². The minimum atomic E-state index is -0.0384. The highest BCUT2D eigenvalue weighted by Gasteiger charge is 2.08. The van der Waals surface area contributed by atoms with Gasteiger partial charge >= 0.3 is 0 Å². The summed E-state index contributed by atoms with van der Waals surface area (Å²) < 4.78 is 13.2. The Labute approximate surface area is 188 Å². The summed E-state index contributed by atoms with van der Waals surface area (Å²) in [6.45, 7) is 5.27. The molecule has 2 heterocycles. The fraction of sp³-hybridized carbons (Fsp3) is 0.333. The number of pyridine rings is 1. The van der Waals surface area contributed by atoms with Gasteiger partial charge in [-0.1, -0.05) is 12.1 Å². The lowest BCUT2D eigenvalue weighted by molar-refractivity contribution is 0.223. The lowest BCUT2D eigenvalue weighted by Crippen LogP contribution is -2.41. The number of imidazole rings is 1. The molecule has 29 heavy (non-hydrogen) atoms. The van der Waals surface area contributed by atoms with Crippen molar-refractivity contribution in [2.45, 2.75) is 26.5 Å². The first-order valence-electron chi connectivity index (χ1n) is 9.28. The number of nitrogens with one attached hydrogen (secondary N) is 2. The summed E-state index contributed by atoms with van der Waals surface area (Å²) in [5, 5.41) is 6.57. The quantitative estimate of drug-likeness (QED) is 0.290. The molecule has 0 amide bonds. The lowest BCUT2D eigenvalue weighted by Gasteiger charge is -2.17. The molecule has 0 aliphatic rings. The van der Waals surface area contributed by atoms with E-state index in [-0.39, 0.29) is 30.1 Å². The van der Waals surface area contributed by atoms with Crippen LogP contribution in [0.3, 0.4) is 0 Å². The summed E-state index contributed by atoms with van der Waals surface area (Å²) in [5.41, 5.74) is 3.06. The maximum absolute atomic E-state index is 5.93. The van der Waals surface area contributed by atoms with Crippen molar-refractivity contribution in [2.75, 3.05) is 20.7 Å². The Hall–Kier alpha value is -2.49. The number of methoxy groups -OCH3 is 1. The van der Waals surface area contributed by atoms with E-state index in [1.54, 1.807) is 14.2 Å². The zero-order valence-corrected chi connectivity index (χ0v) is 19.5. The highest BCUT2D eigenvalue weighted by molar-refractivity contribution is 14.0. The number of guanidine groups is 1. The van der Waals surface area contributed by atoms with Crippen molar-refractivity contribution in [3.8, 4) is 11.5 Å². The molecular weight excluding hydrogens is 481 g/mol. The van der Waals surface area contributed by atoms with Crippen LogP contribution in [0.15, 0.2) is 53.7 Å². The van der Waals surface area contributed by atoms with Crippen LogP contribution in [-0.2, 0) is 6.54 Å². The molecule has 3 aromatic rings. The molecule has 0 spiro atoms. The Kier molecular flexibility index (Phi) is 8.56. The van der Waals surface area contributed by atoms with Crippen LogP contribution in [0.1, 0.15) is 18.3 Å². The van der Waals surface area contributed by atoms with Gasteiger partial charge < -0.3 is 24.5 Å². The van der Waals surface area contributed by atoms with Crippen LogP contribution < -0.4 is 20.1 Å². The minimum Gasteiger partial charge on any atom is -0.497 e. The highest BCUT2D eigenvalue weighted by atomic mass is 127. The van der Waals surface area contributed by atoms with Crippen molar-refractivity contribution >= 4 is 35.6 Å². The van der Waals surface area contributed by atoms with E-state index < -0.39 is 0 Å². The predicted molar refractivity (Wildman–Crippen MR) is 127 cm³/mol. The van der Waals surface area contributed by atoms with Gasteiger partial charge in [-0.3, -0.25) is 4.99 Å². The Morgan fingerprint density at radius 2 is 1.93 bits per heavy atom. The number of halogens is 1. The average molecular weight is 509 g/mol. The summed E-state index contributed by atoms with van der Waals surface area (Å²) in [7, 11) is 3.39. The van der Waals surface area contributed by atoms with E-state index in [1.165, 1.54) is 0 Å². The number of aryl methyl sites for hydroxylation is 1. The molecule has 1 unspecified atom stereocenters. The van der Waals surface area contributed by atoms with Gasteiger partial charge in [-0.2, -0.15) is 0 Å². The van der Waals surface area contributed by atoms with Crippen molar-refractivity contribution in [3.63, 3.8) is 0 Å². The van der Waals surface area contributed by atoms with Crippen LogP contribution >= 0.6 is 24.0 Å². The predicted octanol–water partition coefficient (Wildman–Crippen LogP) is 3.40. The van der Waals surface area contributed by atoms with Gasteiger partial charge in [-0.05, 0) is 38.1 Å². The average Bonchev–Trinajstić information content (AvgIpc) is 3.13. The zero-order chi connectivity index (χ0) is 19.9. The minimum absolute atomic E-state index is 0. The summed E-state index contributed by atoms with van der Waals surface area (Å²) in [4.78, 5) is 8.89. The van der Waals surface area contributed by atoms with Crippen molar-refractivity contribution in [3.05, 3.63) is 60.0 Å². The molecule has 3 rings (SSSR count). The molecule has 8 heteroatoms. The molecule has 0 radical (unpaired) electrons. The maximum atomic E-state index is 5.93. The number of ether oxygens (including phenoxy) is 2. The van der Waals surface area contributed by atoms with Gasteiger partial charge in [0.15, 0.2) is 5.96 Å². The van der Waals surface area contributed by atoms with Crippen LogP contribution in [0.4, 0.5) is 0 Å². The van der Waals surface area contributed by atoms with E-state index in [9.17, 15) is 0 Å². The van der Waals surface area contributed by atoms with Gasteiger partial charge in [0.1, 0.15) is 23.3 Å². The normalized spacial score (nSPS) is 12.2. The van der Waals surface area contributed by atoms with Crippen molar-refractivity contribution in [2.24, 2.45) is 4.99 Å². The van der Waals surface area contributed by atoms with Crippen LogP contribution in [0.2, 0.25) is 0 Å². The molecule has 0 aliphatic heterocycles. The maximum Gasteiger partial charge on any atom is 0.191 e. The van der Waals surface area contributed by atoms with Gasteiger partial charge in [0.05, 0.1) is 25.9 Å². The molecule has 2 aromatic heterocycles. The molecule has 1 atom stereocenters. The van der Waals surface area contributed by atoms with E-state index in [2.05, 4.69) is 38.0 Å². The molecule has 0 bridgehead atoms. The highest BCUT2D eigenvalue weighted by Crippen LogP contribution is 2.19. The molecule has 0 fully saturated rings. The number of benzene rings is 1. The van der Waals surface area contributed by atoms with E-state index in [1.807, 2.05) is 49.5 Å². The molecule has 156 valence electrons. The third-order valence-electron chi connectivity index (χ3n) is 4.34. The smallest absolute Gasteiger partial charge is 0.191 e. The first kappa shape index (κ1) is 22.8. The second-order valence-corrected chi connectivity index (χ2v) is 6.54. The summed E-state index contributed by atoms with van der Waals surface area (Å²) >= 11 is 0. The molecule has 0 saturated heterocycles. The second kappa shape index (κ2) is 10.9.